The van der Waals surface area contributed by atoms with Crippen LogP contribution in [-0.2, 0) is 0 Å². The number of piperidine rings is 1. The van der Waals surface area contributed by atoms with Crippen LogP contribution in [0.1, 0.15) is 39.0 Å². The molecule has 2 aliphatic rings. The molecule has 1 N–H and O–H groups in total. The second-order valence-corrected chi connectivity index (χ2v) is 4.35. The van der Waals surface area contributed by atoms with Crippen LogP contribution in [0.2, 0.25) is 0 Å². The van der Waals surface area contributed by atoms with Crippen LogP contribution in [0.25, 0.3) is 0 Å². The molecule has 0 aromatic rings. The third-order valence-corrected chi connectivity index (χ3v) is 3.50. The quantitative estimate of drug-likeness (QED) is 0.610. The molecule has 0 radical (unpaired) electrons. The molecular formula is C10H19N. The highest BCUT2D eigenvalue weighted by Gasteiger charge is 2.55. The van der Waals surface area contributed by atoms with Gasteiger partial charge in [-0.25, -0.2) is 0 Å². The fourth-order valence-corrected chi connectivity index (χ4v) is 2.55. The van der Waals surface area contributed by atoms with Gasteiger partial charge in [0.05, 0.1) is 0 Å². The Morgan fingerprint density at radius 1 is 1.45 bits per heavy atom. The van der Waals surface area contributed by atoms with Gasteiger partial charge >= 0.3 is 0 Å². The van der Waals surface area contributed by atoms with Gasteiger partial charge in [0.25, 0.3) is 0 Å². The summed E-state index contributed by atoms with van der Waals surface area (Å²) in [5.41, 5.74) is 0.801. The lowest BCUT2D eigenvalue weighted by atomic mass is 9.98. The van der Waals surface area contributed by atoms with Crippen molar-refractivity contribution in [3.05, 3.63) is 0 Å². The summed E-state index contributed by atoms with van der Waals surface area (Å²) in [6.07, 6.45) is 7.31. The Balaban J connectivity index is 1.70. The minimum atomic E-state index is 0.801. The van der Waals surface area contributed by atoms with Crippen molar-refractivity contribution < 1.29 is 0 Å². The van der Waals surface area contributed by atoms with Crippen molar-refractivity contribution in [2.45, 2.75) is 39.0 Å². The first-order valence-corrected chi connectivity index (χ1v) is 5.08. The highest BCUT2D eigenvalue weighted by Crippen LogP contribution is 2.58. The van der Waals surface area contributed by atoms with E-state index in [0.717, 1.165) is 11.3 Å². The van der Waals surface area contributed by atoms with Crippen LogP contribution in [0.5, 0.6) is 0 Å². The molecular weight excluding hydrogens is 134 g/mol. The smallest absolute Gasteiger partial charge is 0.00112 e. The minimum absolute atomic E-state index is 0.801. The molecule has 2 atom stereocenters. The molecule has 1 saturated heterocycles. The van der Waals surface area contributed by atoms with Crippen molar-refractivity contribution in [1.29, 1.82) is 0 Å². The van der Waals surface area contributed by atoms with Crippen LogP contribution in [0.15, 0.2) is 0 Å². The average molecular weight is 153 g/mol. The van der Waals surface area contributed by atoms with Gasteiger partial charge < -0.3 is 5.32 Å². The first-order chi connectivity index (χ1) is 5.37. The van der Waals surface area contributed by atoms with Crippen molar-refractivity contribution in [1.82, 2.24) is 5.32 Å². The zero-order valence-electron chi connectivity index (χ0n) is 7.53. The van der Waals surface area contributed by atoms with Crippen molar-refractivity contribution in [2.24, 2.45) is 11.3 Å². The molecule has 64 valence electrons. The van der Waals surface area contributed by atoms with Gasteiger partial charge in [-0.15, -0.1) is 0 Å². The minimum Gasteiger partial charge on any atom is -0.316 e. The van der Waals surface area contributed by atoms with Crippen LogP contribution in [0, 0.1) is 11.3 Å². The van der Waals surface area contributed by atoms with Gasteiger partial charge in [-0.2, -0.15) is 0 Å². The summed E-state index contributed by atoms with van der Waals surface area (Å²) in [4.78, 5) is 0. The molecule has 1 aliphatic carbocycles. The fraction of sp³-hybridized carbons (Fsp3) is 1.00. The van der Waals surface area contributed by atoms with Crippen LogP contribution < -0.4 is 5.32 Å². The number of fused-ring (bicyclic) bond motifs is 1. The monoisotopic (exact) mass is 153 g/mol. The third kappa shape index (κ3) is 1.31. The third-order valence-electron chi connectivity index (χ3n) is 3.50. The zero-order valence-corrected chi connectivity index (χ0v) is 7.53. The van der Waals surface area contributed by atoms with E-state index < -0.39 is 0 Å². The van der Waals surface area contributed by atoms with Crippen molar-refractivity contribution in [2.75, 3.05) is 13.1 Å². The lowest BCUT2D eigenvalue weighted by Gasteiger charge is -2.09. The maximum atomic E-state index is 3.49. The molecule has 1 heteroatoms. The number of nitrogens with one attached hydrogen (secondary N) is 1. The molecule has 0 spiro atoms. The maximum Gasteiger partial charge on any atom is 0.00112 e. The Morgan fingerprint density at radius 3 is 2.91 bits per heavy atom. The normalized spacial score (nSPS) is 40.6. The van der Waals surface area contributed by atoms with Gasteiger partial charge in [0.15, 0.2) is 0 Å². The van der Waals surface area contributed by atoms with Crippen LogP contribution in [0.4, 0.5) is 0 Å². The standard InChI is InChI=1S/C10H19N/c1-2-3-4-5-10-6-9(10)7-11-8-10/h9,11H,2-8H2,1H3/t9-,10+/m0/s1. The Bertz CT molecular complexity index is 144. The molecule has 0 amide bonds. The summed E-state index contributed by atoms with van der Waals surface area (Å²) in [5.74, 6) is 1.07. The highest BCUT2D eigenvalue weighted by atomic mass is 15.0. The van der Waals surface area contributed by atoms with E-state index in [1.807, 2.05) is 0 Å². The number of unbranched alkanes of at least 4 members (excludes halogenated alkanes) is 2. The summed E-state index contributed by atoms with van der Waals surface area (Å²) in [6.45, 7) is 4.92. The molecule has 1 heterocycles. The van der Waals surface area contributed by atoms with E-state index >= 15 is 0 Å². The Kier molecular flexibility index (Phi) is 1.92. The molecule has 2 rings (SSSR count). The second kappa shape index (κ2) is 2.78. The van der Waals surface area contributed by atoms with E-state index in [4.69, 9.17) is 0 Å². The van der Waals surface area contributed by atoms with Gasteiger partial charge in [0.2, 0.25) is 0 Å². The van der Waals surface area contributed by atoms with E-state index in [2.05, 4.69) is 12.2 Å². The van der Waals surface area contributed by atoms with Crippen molar-refractivity contribution in [3.8, 4) is 0 Å². The number of hydrogen-bond donors (Lipinski definition) is 1. The van der Waals surface area contributed by atoms with Crippen LogP contribution >= 0.6 is 0 Å². The van der Waals surface area contributed by atoms with Gasteiger partial charge in [0, 0.05) is 6.54 Å². The van der Waals surface area contributed by atoms with Crippen molar-refractivity contribution >= 4 is 0 Å². The molecule has 0 aromatic heterocycles. The molecule has 0 unspecified atom stereocenters. The predicted molar refractivity (Wildman–Crippen MR) is 47.6 cm³/mol. The Labute approximate surface area is 69.6 Å². The lowest BCUT2D eigenvalue weighted by molar-refractivity contribution is 0.443. The lowest BCUT2D eigenvalue weighted by Crippen LogP contribution is -2.15. The molecule has 1 aliphatic heterocycles. The summed E-state index contributed by atoms with van der Waals surface area (Å²) in [7, 11) is 0. The summed E-state index contributed by atoms with van der Waals surface area (Å²) in [5, 5.41) is 3.49. The second-order valence-electron chi connectivity index (χ2n) is 4.35. The highest BCUT2D eigenvalue weighted by molar-refractivity contribution is 5.08. The topological polar surface area (TPSA) is 12.0 Å². The number of rotatable bonds is 4. The summed E-state index contributed by atoms with van der Waals surface area (Å²) in [6, 6.07) is 0. The van der Waals surface area contributed by atoms with Crippen molar-refractivity contribution in [3.63, 3.8) is 0 Å². The largest absolute Gasteiger partial charge is 0.316 e. The first-order valence-electron chi connectivity index (χ1n) is 5.08. The molecule has 2 fully saturated rings. The van der Waals surface area contributed by atoms with Crippen LogP contribution in [-0.4, -0.2) is 13.1 Å². The molecule has 1 nitrogen and oxygen atoms in total. The van der Waals surface area contributed by atoms with E-state index in [-0.39, 0.29) is 0 Å². The van der Waals surface area contributed by atoms with Gasteiger partial charge in [-0.1, -0.05) is 26.2 Å². The number of hydrogen-bond acceptors (Lipinski definition) is 1. The average Bonchev–Trinajstić information content (AvgIpc) is 2.55. The Hall–Kier alpha value is -0.0400. The van der Waals surface area contributed by atoms with Gasteiger partial charge in [-0.3, -0.25) is 0 Å². The van der Waals surface area contributed by atoms with E-state index in [9.17, 15) is 0 Å². The predicted octanol–water partition coefficient (Wildman–Crippen LogP) is 2.18. The first kappa shape index (κ1) is 7.60. The Morgan fingerprint density at radius 2 is 2.36 bits per heavy atom. The van der Waals surface area contributed by atoms with Crippen LogP contribution in [0.3, 0.4) is 0 Å². The molecule has 11 heavy (non-hydrogen) atoms. The van der Waals surface area contributed by atoms with E-state index in [1.165, 1.54) is 45.2 Å². The fourth-order valence-electron chi connectivity index (χ4n) is 2.55. The SMILES string of the molecule is CCCCC[C@@]12CNC[C@@H]1C2. The summed E-state index contributed by atoms with van der Waals surface area (Å²) >= 11 is 0. The van der Waals surface area contributed by atoms with E-state index in [0.29, 0.717) is 0 Å². The summed E-state index contributed by atoms with van der Waals surface area (Å²) < 4.78 is 0. The molecule has 0 aromatic carbocycles. The molecule has 1 saturated carbocycles. The van der Waals surface area contributed by atoms with E-state index in [1.54, 1.807) is 0 Å². The van der Waals surface area contributed by atoms with Gasteiger partial charge in [0.1, 0.15) is 0 Å². The molecule has 0 bridgehead atoms. The van der Waals surface area contributed by atoms with Gasteiger partial charge in [-0.05, 0) is 30.7 Å². The maximum absolute atomic E-state index is 3.49. The zero-order chi connectivity index (χ0) is 7.73.